The van der Waals surface area contributed by atoms with Gasteiger partial charge in [0.25, 0.3) is 0 Å². The standard InChI is InChI=1S/C7H14N/c1-7-5-3-4-6-8(7)2/h7H,2-6H2,1H3. The number of hydrogen-bond donors (Lipinski definition) is 0. The molecule has 47 valence electrons. The molecule has 0 amide bonds. The third kappa shape index (κ3) is 1.22. The van der Waals surface area contributed by atoms with Gasteiger partial charge < -0.3 is 0 Å². The first-order chi connectivity index (χ1) is 3.80. The van der Waals surface area contributed by atoms with Crippen molar-refractivity contribution in [3.05, 3.63) is 7.05 Å². The third-order valence-electron chi connectivity index (χ3n) is 1.94. The van der Waals surface area contributed by atoms with E-state index in [1.54, 1.807) is 0 Å². The van der Waals surface area contributed by atoms with Gasteiger partial charge in [-0.05, 0) is 26.3 Å². The smallest absolute Gasteiger partial charge is 0.0112 e. The summed E-state index contributed by atoms with van der Waals surface area (Å²) in [7, 11) is 3.91. The molecular formula is C7H14N. The van der Waals surface area contributed by atoms with Gasteiger partial charge in [0.1, 0.15) is 0 Å². The minimum atomic E-state index is 0.726. The predicted molar refractivity (Wildman–Crippen MR) is 35.4 cm³/mol. The third-order valence-corrected chi connectivity index (χ3v) is 1.94. The minimum Gasteiger partial charge on any atom is -0.299 e. The van der Waals surface area contributed by atoms with Crippen LogP contribution in [0.1, 0.15) is 26.2 Å². The Kier molecular flexibility index (Phi) is 1.90. The average molecular weight is 112 g/mol. The lowest BCUT2D eigenvalue weighted by molar-refractivity contribution is 0.225. The molecule has 0 bridgehead atoms. The minimum absolute atomic E-state index is 0.726. The molecule has 0 aromatic carbocycles. The highest BCUT2D eigenvalue weighted by atomic mass is 15.1. The maximum atomic E-state index is 3.91. The molecule has 1 atom stereocenters. The van der Waals surface area contributed by atoms with Gasteiger partial charge in [-0.25, -0.2) is 0 Å². The van der Waals surface area contributed by atoms with E-state index in [-0.39, 0.29) is 0 Å². The van der Waals surface area contributed by atoms with Crippen LogP contribution in [0.3, 0.4) is 0 Å². The summed E-state index contributed by atoms with van der Waals surface area (Å²) in [4.78, 5) is 2.18. The maximum absolute atomic E-state index is 3.91. The van der Waals surface area contributed by atoms with Crippen LogP contribution in [0.15, 0.2) is 0 Å². The molecule has 1 unspecified atom stereocenters. The molecule has 1 saturated heterocycles. The molecule has 1 heteroatoms. The summed E-state index contributed by atoms with van der Waals surface area (Å²) < 4.78 is 0. The fourth-order valence-electron chi connectivity index (χ4n) is 1.16. The number of piperidine rings is 1. The number of hydrogen-bond acceptors (Lipinski definition) is 1. The van der Waals surface area contributed by atoms with Crippen molar-refractivity contribution < 1.29 is 0 Å². The van der Waals surface area contributed by atoms with E-state index in [0.29, 0.717) is 0 Å². The summed E-state index contributed by atoms with van der Waals surface area (Å²) in [5.41, 5.74) is 0. The molecule has 8 heavy (non-hydrogen) atoms. The topological polar surface area (TPSA) is 3.24 Å². The van der Waals surface area contributed by atoms with Crippen LogP contribution in [-0.4, -0.2) is 17.5 Å². The summed E-state index contributed by atoms with van der Waals surface area (Å²) in [5.74, 6) is 0. The molecule has 0 aliphatic carbocycles. The zero-order valence-electron chi connectivity index (χ0n) is 5.56. The molecule has 1 radical (unpaired) electrons. The first kappa shape index (κ1) is 6.09. The summed E-state index contributed by atoms with van der Waals surface area (Å²) in [6, 6.07) is 0.726. The Labute approximate surface area is 51.7 Å². The lowest BCUT2D eigenvalue weighted by Crippen LogP contribution is -2.31. The average Bonchev–Trinajstić information content (AvgIpc) is 1.77. The number of likely N-dealkylation sites (tertiary alicyclic amines) is 1. The zero-order chi connectivity index (χ0) is 5.98. The zero-order valence-corrected chi connectivity index (χ0v) is 5.56. The van der Waals surface area contributed by atoms with Gasteiger partial charge in [-0.1, -0.05) is 6.42 Å². The Hall–Kier alpha value is -0.0400. The van der Waals surface area contributed by atoms with Crippen LogP contribution in [0, 0.1) is 7.05 Å². The first-order valence-electron chi connectivity index (χ1n) is 3.38. The molecule has 1 heterocycles. The molecule has 0 saturated carbocycles. The van der Waals surface area contributed by atoms with E-state index >= 15 is 0 Å². The van der Waals surface area contributed by atoms with E-state index in [2.05, 4.69) is 18.9 Å². The highest BCUT2D eigenvalue weighted by Gasteiger charge is 2.12. The van der Waals surface area contributed by atoms with E-state index in [0.717, 1.165) is 6.04 Å². The van der Waals surface area contributed by atoms with Crippen molar-refractivity contribution in [2.75, 3.05) is 6.54 Å². The van der Waals surface area contributed by atoms with Crippen LogP contribution in [0.25, 0.3) is 0 Å². The molecule has 1 fully saturated rings. The fourth-order valence-corrected chi connectivity index (χ4v) is 1.16. The van der Waals surface area contributed by atoms with Gasteiger partial charge in [-0.2, -0.15) is 0 Å². The van der Waals surface area contributed by atoms with Crippen molar-refractivity contribution >= 4 is 0 Å². The Morgan fingerprint density at radius 2 is 2.25 bits per heavy atom. The van der Waals surface area contributed by atoms with Crippen molar-refractivity contribution in [2.45, 2.75) is 32.2 Å². The summed E-state index contributed by atoms with van der Waals surface area (Å²) >= 11 is 0. The highest BCUT2D eigenvalue weighted by Crippen LogP contribution is 2.13. The molecule has 1 nitrogen and oxygen atoms in total. The van der Waals surface area contributed by atoms with E-state index in [1.165, 1.54) is 25.8 Å². The SMILES string of the molecule is [CH2]N1CCCCC1C. The van der Waals surface area contributed by atoms with Gasteiger partial charge in [-0.15, -0.1) is 0 Å². The Bertz CT molecular complexity index is 60.8. The van der Waals surface area contributed by atoms with E-state index in [1.807, 2.05) is 0 Å². The van der Waals surface area contributed by atoms with Gasteiger partial charge in [0, 0.05) is 13.1 Å². The summed E-state index contributed by atoms with van der Waals surface area (Å²) in [5, 5.41) is 0. The lowest BCUT2D eigenvalue weighted by Gasteiger charge is -2.28. The van der Waals surface area contributed by atoms with Crippen molar-refractivity contribution in [1.29, 1.82) is 0 Å². The number of rotatable bonds is 0. The van der Waals surface area contributed by atoms with Crippen LogP contribution in [0.5, 0.6) is 0 Å². The monoisotopic (exact) mass is 112 g/mol. The number of nitrogens with zero attached hydrogens (tertiary/aromatic N) is 1. The fraction of sp³-hybridized carbons (Fsp3) is 0.857. The van der Waals surface area contributed by atoms with Crippen LogP contribution in [-0.2, 0) is 0 Å². The van der Waals surface area contributed by atoms with Crippen LogP contribution in [0.2, 0.25) is 0 Å². The highest BCUT2D eigenvalue weighted by molar-refractivity contribution is 4.71. The normalized spacial score (nSPS) is 33.0. The Balaban J connectivity index is 2.28. The first-order valence-corrected chi connectivity index (χ1v) is 3.38. The van der Waals surface area contributed by atoms with Crippen molar-refractivity contribution in [3.63, 3.8) is 0 Å². The largest absolute Gasteiger partial charge is 0.299 e. The molecule has 1 aliphatic heterocycles. The lowest BCUT2D eigenvalue weighted by atomic mass is 10.1. The molecule has 1 aliphatic rings. The van der Waals surface area contributed by atoms with E-state index in [4.69, 9.17) is 0 Å². The van der Waals surface area contributed by atoms with Gasteiger partial charge in [0.05, 0.1) is 0 Å². The molecule has 1 rings (SSSR count). The summed E-state index contributed by atoms with van der Waals surface area (Å²) in [6.07, 6.45) is 4.07. The molecule has 0 N–H and O–H groups in total. The van der Waals surface area contributed by atoms with E-state index < -0.39 is 0 Å². The summed E-state index contributed by atoms with van der Waals surface area (Å²) in [6.45, 7) is 3.44. The Morgan fingerprint density at radius 1 is 1.50 bits per heavy atom. The van der Waals surface area contributed by atoms with Crippen LogP contribution < -0.4 is 0 Å². The molecule has 0 aromatic heterocycles. The maximum Gasteiger partial charge on any atom is 0.0112 e. The van der Waals surface area contributed by atoms with Crippen molar-refractivity contribution in [2.24, 2.45) is 0 Å². The van der Waals surface area contributed by atoms with Gasteiger partial charge >= 0.3 is 0 Å². The van der Waals surface area contributed by atoms with Gasteiger partial charge in [-0.3, -0.25) is 4.90 Å². The molecule has 0 aromatic rings. The Morgan fingerprint density at radius 3 is 2.62 bits per heavy atom. The second kappa shape index (κ2) is 2.49. The van der Waals surface area contributed by atoms with Crippen LogP contribution >= 0.6 is 0 Å². The van der Waals surface area contributed by atoms with Crippen molar-refractivity contribution in [1.82, 2.24) is 4.90 Å². The molecular weight excluding hydrogens is 98.1 g/mol. The van der Waals surface area contributed by atoms with Crippen molar-refractivity contribution in [3.8, 4) is 0 Å². The second-order valence-corrected chi connectivity index (χ2v) is 2.66. The molecule has 0 spiro atoms. The van der Waals surface area contributed by atoms with Crippen LogP contribution in [0.4, 0.5) is 0 Å². The van der Waals surface area contributed by atoms with E-state index in [9.17, 15) is 0 Å². The quantitative estimate of drug-likeness (QED) is 0.460. The van der Waals surface area contributed by atoms with Gasteiger partial charge in [0.15, 0.2) is 0 Å². The second-order valence-electron chi connectivity index (χ2n) is 2.66. The van der Waals surface area contributed by atoms with Gasteiger partial charge in [0.2, 0.25) is 0 Å². The predicted octanol–water partition coefficient (Wildman–Crippen LogP) is 1.65.